The molecule has 1 heterocycles. The Kier molecular flexibility index (Phi) is 4.99. The zero-order chi connectivity index (χ0) is 15.5. The second kappa shape index (κ2) is 6.56. The van der Waals surface area contributed by atoms with Gasteiger partial charge in [0.25, 0.3) is 0 Å². The van der Waals surface area contributed by atoms with Crippen LogP contribution in [0.1, 0.15) is 46.6 Å². The first-order chi connectivity index (χ1) is 9.85. The van der Waals surface area contributed by atoms with Gasteiger partial charge in [-0.2, -0.15) is 0 Å². The lowest BCUT2D eigenvalue weighted by Gasteiger charge is -2.20. The summed E-state index contributed by atoms with van der Waals surface area (Å²) in [5.74, 6) is 2.46. The number of ether oxygens (including phenoxy) is 3. The van der Waals surface area contributed by atoms with Crippen LogP contribution in [0.15, 0.2) is 12.1 Å². The third-order valence-corrected chi connectivity index (χ3v) is 3.37. The van der Waals surface area contributed by atoms with Gasteiger partial charge in [0.2, 0.25) is 6.79 Å². The minimum Gasteiger partial charge on any atom is -0.493 e. The SMILES string of the molecule is CC(C)NCc1cc2c(cc1OCCC(C)(C)C)OCO2. The van der Waals surface area contributed by atoms with Crippen LogP contribution < -0.4 is 19.5 Å². The van der Waals surface area contributed by atoms with Crippen molar-refractivity contribution in [1.29, 1.82) is 0 Å². The second-order valence-corrected chi connectivity index (χ2v) is 7.01. The molecule has 0 amide bonds. The van der Waals surface area contributed by atoms with Crippen LogP contribution in [-0.2, 0) is 6.54 Å². The monoisotopic (exact) mass is 293 g/mol. The summed E-state index contributed by atoms with van der Waals surface area (Å²) in [6, 6.07) is 4.39. The molecule has 0 spiro atoms. The summed E-state index contributed by atoms with van der Waals surface area (Å²) in [5, 5.41) is 3.42. The summed E-state index contributed by atoms with van der Waals surface area (Å²) in [6.07, 6.45) is 1.01. The van der Waals surface area contributed by atoms with Gasteiger partial charge in [-0.3, -0.25) is 0 Å². The van der Waals surface area contributed by atoms with Gasteiger partial charge in [-0.25, -0.2) is 0 Å². The fourth-order valence-electron chi connectivity index (χ4n) is 2.02. The van der Waals surface area contributed by atoms with Crippen molar-refractivity contribution in [2.45, 2.75) is 53.6 Å². The minimum absolute atomic E-state index is 0.271. The van der Waals surface area contributed by atoms with Gasteiger partial charge in [-0.1, -0.05) is 34.6 Å². The van der Waals surface area contributed by atoms with Crippen LogP contribution in [0.2, 0.25) is 0 Å². The van der Waals surface area contributed by atoms with E-state index in [2.05, 4.69) is 39.9 Å². The molecule has 0 atom stereocenters. The molecule has 1 aliphatic heterocycles. The minimum atomic E-state index is 0.271. The van der Waals surface area contributed by atoms with Gasteiger partial charge in [0.05, 0.1) is 6.61 Å². The van der Waals surface area contributed by atoms with Crippen molar-refractivity contribution in [2.75, 3.05) is 13.4 Å². The summed E-state index contributed by atoms with van der Waals surface area (Å²) in [7, 11) is 0. The summed E-state index contributed by atoms with van der Waals surface area (Å²) < 4.78 is 16.9. The maximum Gasteiger partial charge on any atom is 0.231 e. The highest BCUT2D eigenvalue weighted by atomic mass is 16.7. The smallest absolute Gasteiger partial charge is 0.231 e. The quantitative estimate of drug-likeness (QED) is 0.867. The van der Waals surface area contributed by atoms with Crippen LogP contribution in [0.3, 0.4) is 0 Å². The Morgan fingerprint density at radius 3 is 2.48 bits per heavy atom. The average Bonchev–Trinajstić information content (AvgIpc) is 2.81. The van der Waals surface area contributed by atoms with E-state index in [1.54, 1.807) is 0 Å². The zero-order valence-corrected chi connectivity index (χ0v) is 13.8. The molecule has 0 aromatic heterocycles. The predicted octanol–water partition coefficient (Wildman–Crippen LogP) is 3.73. The van der Waals surface area contributed by atoms with Gasteiger partial charge in [-0.15, -0.1) is 0 Å². The molecule has 4 heteroatoms. The molecule has 0 radical (unpaired) electrons. The van der Waals surface area contributed by atoms with Crippen LogP contribution in [0.4, 0.5) is 0 Å². The highest BCUT2D eigenvalue weighted by Gasteiger charge is 2.19. The van der Waals surface area contributed by atoms with Crippen molar-refractivity contribution in [3.8, 4) is 17.2 Å². The third-order valence-electron chi connectivity index (χ3n) is 3.37. The molecule has 0 aliphatic carbocycles. The molecule has 1 aromatic rings. The Labute approximate surface area is 127 Å². The van der Waals surface area contributed by atoms with E-state index >= 15 is 0 Å². The number of fused-ring (bicyclic) bond motifs is 1. The molecule has 0 unspecified atom stereocenters. The van der Waals surface area contributed by atoms with Gasteiger partial charge in [0.15, 0.2) is 11.5 Å². The van der Waals surface area contributed by atoms with E-state index in [0.717, 1.165) is 35.8 Å². The number of hydrogen-bond acceptors (Lipinski definition) is 4. The van der Waals surface area contributed by atoms with Gasteiger partial charge >= 0.3 is 0 Å². The molecule has 1 N–H and O–H groups in total. The van der Waals surface area contributed by atoms with Crippen LogP contribution in [-0.4, -0.2) is 19.4 Å². The van der Waals surface area contributed by atoms with Gasteiger partial charge in [0, 0.05) is 24.2 Å². The molecule has 2 rings (SSSR count). The van der Waals surface area contributed by atoms with Crippen molar-refractivity contribution < 1.29 is 14.2 Å². The van der Waals surface area contributed by atoms with Gasteiger partial charge in [0.1, 0.15) is 5.75 Å². The molecule has 0 fully saturated rings. The fourth-order valence-corrected chi connectivity index (χ4v) is 2.02. The lowest BCUT2D eigenvalue weighted by Crippen LogP contribution is -2.22. The normalized spacial score (nSPS) is 13.8. The summed E-state index contributed by atoms with van der Waals surface area (Å²) >= 11 is 0. The van der Waals surface area contributed by atoms with Crippen molar-refractivity contribution in [3.63, 3.8) is 0 Å². The first-order valence-electron chi connectivity index (χ1n) is 7.64. The molecule has 118 valence electrons. The molecule has 0 bridgehead atoms. The number of rotatable bonds is 6. The first kappa shape index (κ1) is 16.0. The number of hydrogen-bond donors (Lipinski definition) is 1. The average molecular weight is 293 g/mol. The molecular weight excluding hydrogens is 266 g/mol. The van der Waals surface area contributed by atoms with Gasteiger partial charge in [-0.05, 0) is 17.9 Å². The molecule has 4 nitrogen and oxygen atoms in total. The van der Waals surface area contributed by atoms with Crippen LogP contribution in [0, 0.1) is 5.41 Å². The number of benzene rings is 1. The molecule has 1 aliphatic rings. The molecule has 21 heavy (non-hydrogen) atoms. The van der Waals surface area contributed by atoms with Crippen LogP contribution in [0.25, 0.3) is 0 Å². The topological polar surface area (TPSA) is 39.7 Å². The van der Waals surface area contributed by atoms with Crippen molar-refractivity contribution in [3.05, 3.63) is 17.7 Å². The molecule has 1 aromatic carbocycles. The summed E-state index contributed by atoms with van der Waals surface area (Å²) in [6.45, 7) is 12.7. The van der Waals surface area contributed by atoms with E-state index in [0.29, 0.717) is 12.6 Å². The fraction of sp³-hybridized carbons (Fsp3) is 0.647. The van der Waals surface area contributed by atoms with E-state index in [1.807, 2.05) is 12.1 Å². The van der Waals surface area contributed by atoms with E-state index in [4.69, 9.17) is 14.2 Å². The first-order valence-corrected chi connectivity index (χ1v) is 7.64. The Hall–Kier alpha value is -1.42. The van der Waals surface area contributed by atoms with Crippen LogP contribution >= 0.6 is 0 Å². The van der Waals surface area contributed by atoms with Crippen molar-refractivity contribution in [2.24, 2.45) is 5.41 Å². The maximum absolute atomic E-state index is 6.00. The molecule has 0 saturated heterocycles. The van der Waals surface area contributed by atoms with E-state index in [9.17, 15) is 0 Å². The highest BCUT2D eigenvalue weighted by molar-refractivity contribution is 5.51. The Balaban J connectivity index is 2.09. The van der Waals surface area contributed by atoms with E-state index in [1.165, 1.54) is 0 Å². The third kappa shape index (κ3) is 4.81. The lowest BCUT2D eigenvalue weighted by molar-refractivity contribution is 0.173. The van der Waals surface area contributed by atoms with E-state index < -0.39 is 0 Å². The Morgan fingerprint density at radius 1 is 1.19 bits per heavy atom. The summed E-state index contributed by atoms with van der Waals surface area (Å²) in [4.78, 5) is 0. The van der Waals surface area contributed by atoms with Crippen molar-refractivity contribution >= 4 is 0 Å². The lowest BCUT2D eigenvalue weighted by atomic mass is 9.93. The highest BCUT2D eigenvalue weighted by Crippen LogP contribution is 2.38. The molecule has 0 saturated carbocycles. The largest absolute Gasteiger partial charge is 0.493 e. The zero-order valence-electron chi connectivity index (χ0n) is 13.8. The Bertz CT molecular complexity index is 478. The van der Waals surface area contributed by atoms with E-state index in [-0.39, 0.29) is 12.2 Å². The second-order valence-electron chi connectivity index (χ2n) is 7.01. The van der Waals surface area contributed by atoms with Crippen LogP contribution in [0.5, 0.6) is 17.2 Å². The number of nitrogens with one attached hydrogen (secondary N) is 1. The summed E-state index contributed by atoms with van der Waals surface area (Å²) in [5.41, 5.74) is 1.38. The Morgan fingerprint density at radius 2 is 1.86 bits per heavy atom. The van der Waals surface area contributed by atoms with Crippen molar-refractivity contribution in [1.82, 2.24) is 5.32 Å². The standard InChI is InChI=1S/C17H27NO3/c1-12(2)18-10-13-8-15-16(21-11-20-15)9-14(13)19-7-6-17(3,4)5/h8-9,12,18H,6-7,10-11H2,1-5H3. The van der Waals surface area contributed by atoms with Gasteiger partial charge < -0.3 is 19.5 Å². The maximum atomic E-state index is 6.00. The molecular formula is C17H27NO3. The predicted molar refractivity (Wildman–Crippen MR) is 84.1 cm³/mol.